The molecular formula is C24H37IN6O2. The fraction of sp³-hybridized carbons (Fsp3) is 0.542. The van der Waals surface area contributed by atoms with E-state index in [9.17, 15) is 4.79 Å². The number of halogens is 1. The highest BCUT2D eigenvalue weighted by Gasteiger charge is 2.26. The molecule has 1 fully saturated rings. The number of guanidine groups is 1. The monoisotopic (exact) mass is 568 g/mol. The SMILES string of the molecule is CN=C(NCC(NC(=O)OC(C)(C)C)c1ccccc1)N1CCC(Cc2cnn(C)c2)C1.I. The van der Waals surface area contributed by atoms with Crippen LogP contribution in [0.25, 0.3) is 0 Å². The molecule has 9 heteroatoms. The van der Waals surface area contributed by atoms with E-state index >= 15 is 0 Å². The fourth-order valence-electron chi connectivity index (χ4n) is 4.02. The van der Waals surface area contributed by atoms with Gasteiger partial charge in [0.25, 0.3) is 0 Å². The van der Waals surface area contributed by atoms with E-state index in [1.807, 2.05) is 69.0 Å². The number of hydrogen-bond acceptors (Lipinski definition) is 4. The second-order valence-corrected chi connectivity index (χ2v) is 9.36. The van der Waals surface area contributed by atoms with Crippen molar-refractivity contribution in [2.75, 3.05) is 26.7 Å². The van der Waals surface area contributed by atoms with Gasteiger partial charge in [0, 0.05) is 39.9 Å². The van der Waals surface area contributed by atoms with Crippen LogP contribution in [-0.4, -0.2) is 59.0 Å². The molecule has 0 saturated carbocycles. The van der Waals surface area contributed by atoms with Gasteiger partial charge in [-0.1, -0.05) is 30.3 Å². The lowest BCUT2D eigenvalue weighted by molar-refractivity contribution is 0.0504. The number of alkyl carbamates (subject to hydrolysis) is 1. The van der Waals surface area contributed by atoms with Crippen LogP contribution >= 0.6 is 24.0 Å². The summed E-state index contributed by atoms with van der Waals surface area (Å²) < 4.78 is 7.32. The van der Waals surface area contributed by atoms with Gasteiger partial charge < -0.3 is 20.3 Å². The van der Waals surface area contributed by atoms with E-state index in [0.29, 0.717) is 12.5 Å². The molecule has 0 bridgehead atoms. The highest BCUT2D eigenvalue weighted by molar-refractivity contribution is 14.0. The minimum Gasteiger partial charge on any atom is -0.444 e. The third kappa shape index (κ3) is 8.53. The van der Waals surface area contributed by atoms with Gasteiger partial charge >= 0.3 is 6.09 Å². The zero-order valence-electron chi connectivity index (χ0n) is 20.2. The van der Waals surface area contributed by atoms with E-state index in [2.05, 4.69) is 31.8 Å². The van der Waals surface area contributed by atoms with E-state index in [1.165, 1.54) is 5.56 Å². The largest absolute Gasteiger partial charge is 0.444 e. The number of nitrogens with one attached hydrogen (secondary N) is 2. The molecule has 2 N–H and O–H groups in total. The smallest absolute Gasteiger partial charge is 0.408 e. The normalized spacial score (nSPS) is 17.3. The summed E-state index contributed by atoms with van der Waals surface area (Å²) in [5, 5.41) is 10.7. The minimum absolute atomic E-state index is 0. The molecule has 0 radical (unpaired) electrons. The van der Waals surface area contributed by atoms with E-state index in [1.54, 1.807) is 7.05 Å². The van der Waals surface area contributed by atoms with Crippen LogP contribution in [0.3, 0.4) is 0 Å². The summed E-state index contributed by atoms with van der Waals surface area (Å²) in [5.74, 6) is 1.42. The number of benzene rings is 1. The molecule has 1 aliphatic heterocycles. The first kappa shape index (κ1) is 26.9. The minimum atomic E-state index is -0.548. The Morgan fingerprint density at radius 1 is 1.30 bits per heavy atom. The number of aromatic nitrogens is 2. The Bertz CT molecular complexity index is 909. The van der Waals surface area contributed by atoms with Gasteiger partial charge in [-0.25, -0.2) is 4.79 Å². The second kappa shape index (κ2) is 12.2. The van der Waals surface area contributed by atoms with Gasteiger partial charge in [-0.3, -0.25) is 9.67 Å². The molecule has 0 aliphatic carbocycles. The maximum atomic E-state index is 12.4. The third-order valence-corrected chi connectivity index (χ3v) is 5.44. The molecule has 2 aromatic rings. The zero-order valence-corrected chi connectivity index (χ0v) is 22.6. The number of hydrogen-bond donors (Lipinski definition) is 2. The molecule has 182 valence electrons. The average Bonchev–Trinajstić information content (AvgIpc) is 3.36. The maximum Gasteiger partial charge on any atom is 0.408 e. The number of carbonyl (C=O) groups excluding carboxylic acids is 1. The number of carbonyl (C=O) groups is 1. The number of ether oxygens (including phenoxy) is 1. The maximum absolute atomic E-state index is 12.4. The standard InChI is InChI=1S/C24H36N6O2.HI/c1-24(2,3)32-23(31)28-21(20-9-7-6-8-10-20)15-26-22(25-4)30-12-11-18(17-30)13-19-14-27-29(5)16-19;/h6-10,14,16,18,21H,11-13,15,17H2,1-5H3,(H,25,26)(H,28,31);1H. The molecule has 2 heterocycles. The summed E-state index contributed by atoms with van der Waals surface area (Å²) in [4.78, 5) is 19.2. The van der Waals surface area contributed by atoms with Crippen molar-refractivity contribution in [1.82, 2.24) is 25.3 Å². The Morgan fingerprint density at radius 3 is 2.64 bits per heavy atom. The molecule has 1 aromatic heterocycles. The van der Waals surface area contributed by atoms with Gasteiger partial charge in [-0.05, 0) is 50.7 Å². The predicted octanol–water partition coefficient (Wildman–Crippen LogP) is 3.74. The van der Waals surface area contributed by atoms with Crippen molar-refractivity contribution in [3.05, 3.63) is 53.9 Å². The highest BCUT2D eigenvalue weighted by atomic mass is 127. The van der Waals surface area contributed by atoms with Crippen LogP contribution in [-0.2, 0) is 18.2 Å². The summed E-state index contributed by atoms with van der Waals surface area (Å²) in [7, 11) is 3.75. The van der Waals surface area contributed by atoms with Crippen LogP contribution in [0, 0.1) is 5.92 Å². The van der Waals surface area contributed by atoms with E-state index in [4.69, 9.17) is 4.74 Å². The van der Waals surface area contributed by atoms with Crippen molar-refractivity contribution in [3.63, 3.8) is 0 Å². The topological polar surface area (TPSA) is 83.8 Å². The van der Waals surface area contributed by atoms with Crippen molar-refractivity contribution in [2.24, 2.45) is 18.0 Å². The van der Waals surface area contributed by atoms with Crippen LogP contribution in [0.5, 0.6) is 0 Å². The Morgan fingerprint density at radius 2 is 2.03 bits per heavy atom. The van der Waals surface area contributed by atoms with E-state index in [0.717, 1.165) is 37.5 Å². The molecule has 1 amide bonds. The van der Waals surface area contributed by atoms with Crippen molar-refractivity contribution in [2.45, 2.75) is 45.3 Å². The number of nitrogens with zero attached hydrogens (tertiary/aromatic N) is 4. The Hall–Kier alpha value is -2.30. The Labute approximate surface area is 214 Å². The van der Waals surface area contributed by atoms with Crippen molar-refractivity contribution < 1.29 is 9.53 Å². The fourth-order valence-corrected chi connectivity index (χ4v) is 4.02. The number of aryl methyl sites for hydroxylation is 1. The van der Waals surface area contributed by atoms with Crippen molar-refractivity contribution in [1.29, 1.82) is 0 Å². The van der Waals surface area contributed by atoms with Crippen LogP contribution in [0.4, 0.5) is 4.79 Å². The lowest BCUT2D eigenvalue weighted by Crippen LogP contribution is -2.45. The molecule has 3 rings (SSSR count). The summed E-state index contributed by atoms with van der Waals surface area (Å²) >= 11 is 0. The zero-order chi connectivity index (χ0) is 23.1. The van der Waals surface area contributed by atoms with Crippen LogP contribution in [0.15, 0.2) is 47.7 Å². The lowest BCUT2D eigenvalue weighted by atomic mass is 10.0. The summed E-state index contributed by atoms with van der Waals surface area (Å²) in [6.07, 6.45) is 5.74. The molecule has 0 spiro atoms. The molecule has 8 nitrogen and oxygen atoms in total. The van der Waals surface area contributed by atoms with E-state index in [-0.39, 0.29) is 30.0 Å². The molecule has 2 atom stereocenters. The molecule has 1 aromatic carbocycles. The van der Waals surface area contributed by atoms with Crippen LogP contribution < -0.4 is 10.6 Å². The van der Waals surface area contributed by atoms with Crippen LogP contribution in [0.1, 0.15) is 44.4 Å². The first-order valence-corrected chi connectivity index (χ1v) is 11.2. The average molecular weight is 569 g/mol. The lowest BCUT2D eigenvalue weighted by Gasteiger charge is -2.27. The number of rotatable bonds is 6. The van der Waals surface area contributed by atoms with Crippen molar-refractivity contribution in [3.8, 4) is 0 Å². The Kier molecular flexibility index (Phi) is 10.00. The van der Waals surface area contributed by atoms with E-state index < -0.39 is 11.7 Å². The quantitative estimate of drug-likeness (QED) is 0.315. The summed E-state index contributed by atoms with van der Waals surface area (Å²) in [6, 6.07) is 9.68. The number of likely N-dealkylation sites (tertiary alicyclic amines) is 1. The number of aliphatic imine (C=N–C) groups is 1. The first-order valence-electron chi connectivity index (χ1n) is 11.2. The van der Waals surface area contributed by atoms with Gasteiger partial charge in [0.1, 0.15) is 5.60 Å². The van der Waals surface area contributed by atoms with Gasteiger partial charge in [0.15, 0.2) is 5.96 Å². The third-order valence-electron chi connectivity index (χ3n) is 5.44. The highest BCUT2D eigenvalue weighted by Crippen LogP contribution is 2.21. The molecule has 1 aliphatic rings. The molecular weight excluding hydrogens is 531 g/mol. The van der Waals surface area contributed by atoms with Gasteiger partial charge in [0.05, 0.1) is 12.2 Å². The number of amides is 1. The molecule has 2 unspecified atom stereocenters. The molecule has 1 saturated heterocycles. The predicted molar refractivity (Wildman–Crippen MR) is 142 cm³/mol. The summed E-state index contributed by atoms with van der Waals surface area (Å²) in [5.41, 5.74) is 1.73. The second-order valence-electron chi connectivity index (χ2n) is 9.36. The van der Waals surface area contributed by atoms with Gasteiger partial charge in [-0.15, -0.1) is 24.0 Å². The van der Waals surface area contributed by atoms with Crippen LogP contribution in [0.2, 0.25) is 0 Å². The van der Waals surface area contributed by atoms with Crippen molar-refractivity contribution >= 4 is 36.0 Å². The Balaban J connectivity index is 0.00000385. The first-order chi connectivity index (χ1) is 15.2. The van der Waals surface area contributed by atoms with Gasteiger partial charge in [0.2, 0.25) is 0 Å². The summed E-state index contributed by atoms with van der Waals surface area (Å²) in [6.45, 7) is 8.00. The van der Waals surface area contributed by atoms with Gasteiger partial charge in [-0.2, -0.15) is 5.10 Å². The molecule has 33 heavy (non-hydrogen) atoms.